The predicted octanol–water partition coefficient (Wildman–Crippen LogP) is 5.90. The molecule has 2 N–H and O–H groups in total. The normalized spacial score (nSPS) is 15.8. The van der Waals surface area contributed by atoms with Gasteiger partial charge in [-0.1, -0.05) is 0 Å². The third kappa shape index (κ3) is 6.59. The number of rotatable bonds is 8. The zero-order valence-corrected chi connectivity index (χ0v) is 24.1. The van der Waals surface area contributed by atoms with Gasteiger partial charge in [-0.15, -0.1) is 11.3 Å². The number of nitrogens with one attached hydrogen (secondary N) is 2. The molecule has 40 heavy (non-hydrogen) atoms. The van der Waals surface area contributed by atoms with E-state index in [9.17, 15) is 8.42 Å². The second kappa shape index (κ2) is 11.6. The number of hydrogen-bond acceptors (Lipinski definition) is 9. The highest BCUT2D eigenvalue weighted by Crippen LogP contribution is 2.36. The number of aryl methyl sites for hydroxylation is 2. The molecule has 11 heteroatoms. The van der Waals surface area contributed by atoms with E-state index in [0.717, 1.165) is 63.4 Å². The maximum Gasteiger partial charge on any atom is 0.242 e. The molecule has 4 aromatic rings. The molecule has 1 atom stereocenters. The molecule has 2 aromatic carbocycles. The first-order valence-corrected chi connectivity index (χ1v) is 15.7. The monoisotopic (exact) mass is 574 g/mol. The number of piperidine rings is 1. The second-order valence-corrected chi connectivity index (χ2v) is 12.6. The van der Waals surface area contributed by atoms with Crippen molar-refractivity contribution in [3.8, 4) is 17.7 Å². The summed E-state index contributed by atoms with van der Waals surface area (Å²) in [6.07, 6.45) is 6.18. The van der Waals surface area contributed by atoms with Crippen LogP contribution in [0.2, 0.25) is 0 Å². The third-order valence-electron chi connectivity index (χ3n) is 6.59. The summed E-state index contributed by atoms with van der Waals surface area (Å²) in [4.78, 5) is 11.6. The minimum atomic E-state index is -3.24. The van der Waals surface area contributed by atoms with Gasteiger partial charge in [-0.3, -0.25) is 0 Å². The predicted molar refractivity (Wildman–Crippen MR) is 161 cm³/mol. The molecule has 1 fully saturated rings. The van der Waals surface area contributed by atoms with Crippen LogP contribution in [0.25, 0.3) is 16.3 Å². The van der Waals surface area contributed by atoms with Crippen molar-refractivity contribution >= 4 is 55.0 Å². The SMILES string of the molecule is Cc1cc(/C=C/C#N)cc(C)c1Oc1nc(Nc2ccc(N3CCCC(NS(C)(=O)=O)C3)cc2)nc2ccsc12. The Bertz CT molecular complexity index is 1690. The Hall–Kier alpha value is -3.98. The molecular weight excluding hydrogens is 544 g/mol. The van der Waals surface area contributed by atoms with E-state index >= 15 is 0 Å². The number of ether oxygens (including phenoxy) is 1. The number of fused-ring (bicyclic) bond motifs is 1. The van der Waals surface area contributed by atoms with Crippen molar-refractivity contribution < 1.29 is 13.2 Å². The summed E-state index contributed by atoms with van der Waals surface area (Å²) in [6, 6.07) is 15.8. The number of anilines is 3. The highest BCUT2D eigenvalue weighted by Gasteiger charge is 2.22. The van der Waals surface area contributed by atoms with E-state index in [2.05, 4.69) is 19.9 Å². The number of benzene rings is 2. The van der Waals surface area contributed by atoms with E-state index in [0.29, 0.717) is 18.4 Å². The Labute approximate surface area is 238 Å². The van der Waals surface area contributed by atoms with Crippen molar-refractivity contribution in [3.63, 3.8) is 0 Å². The van der Waals surface area contributed by atoms with Gasteiger partial charge in [0.25, 0.3) is 0 Å². The lowest BCUT2D eigenvalue weighted by molar-refractivity contribution is 0.463. The zero-order chi connectivity index (χ0) is 28.3. The second-order valence-electron chi connectivity index (χ2n) is 9.88. The number of nitriles is 1. The lowest BCUT2D eigenvalue weighted by Gasteiger charge is -2.34. The zero-order valence-electron chi connectivity index (χ0n) is 22.5. The number of thiophene rings is 1. The van der Waals surface area contributed by atoms with E-state index in [1.807, 2.05) is 67.8 Å². The van der Waals surface area contributed by atoms with Gasteiger partial charge in [0.1, 0.15) is 10.4 Å². The Balaban J connectivity index is 1.35. The summed E-state index contributed by atoms with van der Waals surface area (Å²) < 4.78 is 33.3. The molecule has 206 valence electrons. The molecule has 0 spiro atoms. The summed E-state index contributed by atoms with van der Waals surface area (Å²) in [5.74, 6) is 1.62. The molecule has 0 saturated carbocycles. The topological polar surface area (TPSA) is 120 Å². The van der Waals surface area contributed by atoms with Crippen molar-refractivity contribution in [3.05, 3.63) is 70.6 Å². The maximum atomic E-state index is 11.7. The van der Waals surface area contributed by atoms with Gasteiger partial charge in [0.15, 0.2) is 0 Å². The van der Waals surface area contributed by atoms with Crippen LogP contribution in [0.3, 0.4) is 0 Å². The minimum Gasteiger partial charge on any atom is -0.437 e. The average molecular weight is 575 g/mol. The van der Waals surface area contributed by atoms with Crippen LogP contribution in [0.15, 0.2) is 53.9 Å². The van der Waals surface area contributed by atoms with Gasteiger partial charge in [0.2, 0.25) is 21.9 Å². The molecular formula is C29H30N6O3S2. The molecule has 2 aromatic heterocycles. The summed E-state index contributed by atoms with van der Waals surface area (Å²) >= 11 is 1.52. The molecule has 9 nitrogen and oxygen atoms in total. The van der Waals surface area contributed by atoms with Gasteiger partial charge in [-0.2, -0.15) is 10.2 Å². The molecule has 1 aliphatic heterocycles. The Kier molecular flexibility index (Phi) is 8.02. The van der Waals surface area contributed by atoms with Crippen LogP contribution in [0.5, 0.6) is 11.6 Å². The molecule has 3 heterocycles. The van der Waals surface area contributed by atoms with Crippen molar-refractivity contribution in [2.24, 2.45) is 0 Å². The summed E-state index contributed by atoms with van der Waals surface area (Å²) in [6.45, 7) is 5.46. The van der Waals surface area contributed by atoms with Gasteiger partial charge >= 0.3 is 0 Å². The van der Waals surface area contributed by atoms with Crippen molar-refractivity contribution in [1.82, 2.24) is 14.7 Å². The summed E-state index contributed by atoms with van der Waals surface area (Å²) in [5, 5.41) is 14.1. The van der Waals surface area contributed by atoms with E-state index in [4.69, 9.17) is 15.0 Å². The van der Waals surface area contributed by atoms with Crippen LogP contribution < -0.4 is 19.7 Å². The van der Waals surface area contributed by atoms with Gasteiger partial charge < -0.3 is 15.0 Å². The third-order valence-corrected chi connectivity index (χ3v) is 8.25. The molecule has 5 rings (SSSR count). The molecule has 0 bridgehead atoms. The molecule has 1 unspecified atom stereocenters. The van der Waals surface area contributed by atoms with Crippen molar-refractivity contribution in [2.45, 2.75) is 32.7 Å². The number of sulfonamides is 1. The molecule has 1 aliphatic rings. The number of aromatic nitrogens is 2. The van der Waals surface area contributed by atoms with E-state index < -0.39 is 10.0 Å². The Morgan fingerprint density at radius 2 is 1.90 bits per heavy atom. The fourth-order valence-electron chi connectivity index (χ4n) is 4.93. The van der Waals surface area contributed by atoms with Crippen LogP contribution in [0.4, 0.5) is 17.3 Å². The van der Waals surface area contributed by atoms with E-state index in [-0.39, 0.29) is 6.04 Å². The molecule has 0 aliphatic carbocycles. The molecule has 1 saturated heterocycles. The number of nitrogens with zero attached hydrogens (tertiary/aromatic N) is 4. The van der Waals surface area contributed by atoms with Gasteiger partial charge in [0.05, 0.1) is 17.8 Å². The highest BCUT2D eigenvalue weighted by atomic mass is 32.2. The minimum absolute atomic E-state index is 0.0943. The molecule has 0 radical (unpaired) electrons. The first-order valence-electron chi connectivity index (χ1n) is 12.9. The van der Waals surface area contributed by atoms with Crippen LogP contribution in [-0.2, 0) is 10.0 Å². The number of allylic oxidation sites excluding steroid dienone is 1. The number of hydrogen-bond donors (Lipinski definition) is 2. The summed E-state index contributed by atoms with van der Waals surface area (Å²) in [7, 11) is -3.24. The lowest BCUT2D eigenvalue weighted by atomic mass is 10.1. The first-order chi connectivity index (χ1) is 19.2. The fourth-order valence-corrected chi connectivity index (χ4v) is 6.48. The standard InChI is InChI=1S/C29H30N6O3S2/c1-19-16-21(6-4-13-30)17-20(2)26(19)38-28-27-25(12-15-39-27)32-29(33-28)31-22-8-10-24(11-9-22)35-14-5-7-23(18-35)34-40(3,36)37/h4,6,8-12,15-17,23,34H,5,7,14,18H2,1-3H3,(H,31,32,33)/b6-4+. The van der Waals surface area contributed by atoms with Crippen LogP contribution in [-0.4, -0.2) is 43.8 Å². The van der Waals surface area contributed by atoms with Gasteiger partial charge in [-0.05, 0) is 97.3 Å². The van der Waals surface area contributed by atoms with Gasteiger partial charge in [-0.25, -0.2) is 18.1 Å². The smallest absolute Gasteiger partial charge is 0.242 e. The largest absolute Gasteiger partial charge is 0.437 e. The van der Waals surface area contributed by atoms with E-state index in [1.165, 1.54) is 23.7 Å². The van der Waals surface area contributed by atoms with Crippen molar-refractivity contribution in [2.75, 3.05) is 29.6 Å². The molecule has 0 amide bonds. The lowest BCUT2D eigenvalue weighted by Crippen LogP contribution is -2.47. The van der Waals surface area contributed by atoms with Gasteiger partial charge in [0, 0.05) is 36.6 Å². The van der Waals surface area contributed by atoms with Crippen LogP contribution >= 0.6 is 11.3 Å². The van der Waals surface area contributed by atoms with Crippen LogP contribution in [0.1, 0.15) is 29.5 Å². The summed E-state index contributed by atoms with van der Waals surface area (Å²) in [5.41, 5.74) is 5.47. The fraction of sp³-hybridized carbons (Fsp3) is 0.276. The van der Waals surface area contributed by atoms with E-state index in [1.54, 1.807) is 6.08 Å². The maximum absolute atomic E-state index is 11.7. The van der Waals surface area contributed by atoms with Crippen molar-refractivity contribution in [1.29, 1.82) is 5.26 Å². The first kappa shape index (κ1) is 27.6. The quantitative estimate of drug-likeness (QED) is 0.250. The Morgan fingerprint density at radius 1 is 1.15 bits per heavy atom. The average Bonchev–Trinajstić information content (AvgIpc) is 3.38. The van der Waals surface area contributed by atoms with Crippen LogP contribution in [0, 0.1) is 25.2 Å². The highest BCUT2D eigenvalue weighted by molar-refractivity contribution is 7.88. The Morgan fingerprint density at radius 3 is 2.60 bits per heavy atom.